The maximum Gasteiger partial charge on any atom is 0.418 e. The molecule has 4 aliphatic rings. The summed E-state index contributed by atoms with van der Waals surface area (Å²) in [4.78, 5) is 66.3. The summed E-state index contributed by atoms with van der Waals surface area (Å²) in [6, 6.07) is 28.1. The van der Waals surface area contributed by atoms with Gasteiger partial charge in [0, 0.05) is 88.4 Å². The number of ether oxygens (including phenoxy) is 6. The highest BCUT2D eigenvalue weighted by molar-refractivity contribution is 6.30. The maximum absolute atomic E-state index is 15.0. The van der Waals surface area contributed by atoms with Crippen molar-refractivity contribution in [3.63, 3.8) is 0 Å². The number of hydrogen-bond donors (Lipinski definition) is 0. The van der Waals surface area contributed by atoms with Crippen molar-refractivity contribution < 1.29 is 56.4 Å². The predicted molar refractivity (Wildman–Crippen MR) is 253 cm³/mol. The van der Waals surface area contributed by atoms with Gasteiger partial charge in [0.25, 0.3) is 11.8 Å². The Morgan fingerprint density at radius 1 is 0.514 bits per heavy atom. The first-order valence-electron chi connectivity index (χ1n) is 24.7. The molecule has 0 aliphatic carbocycles. The minimum Gasteiger partial charge on any atom is -0.439 e. The molecular formula is C54H64F2N4O10. The number of likely N-dealkylation sites (tertiary alicyclic amines) is 2. The summed E-state index contributed by atoms with van der Waals surface area (Å²) in [7, 11) is 0. The van der Waals surface area contributed by atoms with Crippen LogP contribution in [0.15, 0.2) is 109 Å². The Bertz CT molecular complexity index is 2110. The monoisotopic (exact) mass is 966 g/mol. The van der Waals surface area contributed by atoms with Crippen LogP contribution in [0.25, 0.3) is 0 Å². The van der Waals surface area contributed by atoms with Crippen LogP contribution in [-0.4, -0.2) is 134 Å². The van der Waals surface area contributed by atoms with Gasteiger partial charge in [-0.2, -0.15) is 0 Å². The van der Waals surface area contributed by atoms with Gasteiger partial charge >= 0.3 is 11.9 Å². The number of benzene rings is 4. The minimum atomic E-state index is -1.57. The Hall–Kier alpha value is -5.62. The summed E-state index contributed by atoms with van der Waals surface area (Å²) in [5, 5.41) is 0. The van der Waals surface area contributed by atoms with Gasteiger partial charge in [0.1, 0.15) is 11.6 Å². The molecule has 0 spiro atoms. The van der Waals surface area contributed by atoms with E-state index < -0.39 is 47.6 Å². The van der Waals surface area contributed by atoms with E-state index in [4.69, 9.17) is 28.4 Å². The van der Waals surface area contributed by atoms with Gasteiger partial charge < -0.3 is 48.0 Å². The number of halogens is 2. The molecule has 0 N–H and O–H groups in total. The van der Waals surface area contributed by atoms with Crippen LogP contribution in [0.5, 0.6) is 0 Å². The van der Waals surface area contributed by atoms with E-state index in [1.54, 1.807) is 94.7 Å². The maximum atomic E-state index is 15.0. The molecule has 4 saturated heterocycles. The number of amides is 2. The number of rotatable bonds is 18. The topological polar surface area (TPSA) is 137 Å². The normalized spacial score (nSPS) is 18.9. The van der Waals surface area contributed by atoms with Crippen LogP contribution in [-0.2, 0) is 60.7 Å². The molecule has 2 amide bonds. The summed E-state index contributed by atoms with van der Waals surface area (Å²) in [5.74, 6) is -4.87. The lowest BCUT2D eigenvalue weighted by Crippen LogP contribution is -2.50. The first kappa shape index (κ1) is 50.8. The van der Waals surface area contributed by atoms with E-state index >= 15 is 9.59 Å². The second-order valence-corrected chi connectivity index (χ2v) is 18.3. The third-order valence-electron chi connectivity index (χ3n) is 13.5. The Balaban J connectivity index is 0.994. The molecule has 4 aromatic rings. The molecule has 14 nitrogen and oxygen atoms in total. The van der Waals surface area contributed by atoms with Gasteiger partial charge in [0.05, 0.1) is 26.4 Å². The average Bonchev–Trinajstić information content (AvgIpc) is 3.41. The summed E-state index contributed by atoms with van der Waals surface area (Å²) in [6.45, 7) is 7.15. The number of piperidine rings is 2. The fourth-order valence-electron chi connectivity index (χ4n) is 9.63. The molecule has 16 heteroatoms. The van der Waals surface area contributed by atoms with Crippen LogP contribution in [0, 0.1) is 11.6 Å². The first-order valence-corrected chi connectivity index (χ1v) is 24.7. The lowest BCUT2D eigenvalue weighted by Gasteiger charge is -2.40. The number of esters is 2. The van der Waals surface area contributed by atoms with E-state index in [9.17, 15) is 18.4 Å². The summed E-state index contributed by atoms with van der Waals surface area (Å²) >= 11 is 0. The molecule has 2 atom stereocenters. The van der Waals surface area contributed by atoms with E-state index in [1.807, 2.05) is 0 Å². The molecule has 4 aromatic carbocycles. The zero-order chi connectivity index (χ0) is 48.7. The Morgan fingerprint density at radius 3 is 1.20 bits per heavy atom. The quantitative estimate of drug-likeness (QED) is 0.0742. The summed E-state index contributed by atoms with van der Waals surface area (Å²) in [6.07, 6.45) is 2.01. The molecule has 4 heterocycles. The van der Waals surface area contributed by atoms with Gasteiger partial charge in [-0.1, -0.05) is 84.9 Å². The van der Waals surface area contributed by atoms with Gasteiger partial charge in [-0.05, 0) is 73.9 Å². The van der Waals surface area contributed by atoms with E-state index in [0.29, 0.717) is 101 Å². The lowest BCUT2D eigenvalue weighted by atomic mass is 9.99. The highest BCUT2D eigenvalue weighted by Crippen LogP contribution is 2.31. The average molecular weight is 967 g/mol. The van der Waals surface area contributed by atoms with Gasteiger partial charge in [-0.3, -0.25) is 9.59 Å². The highest BCUT2D eigenvalue weighted by Gasteiger charge is 2.40. The third-order valence-corrected chi connectivity index (χ3v) is 13.5. The fourth-order valence-corrected chi connectivity index (χ4v) is 9.63. The molecule has 0 saturated carbocycles. The van der Waals surface area contributed by atoms with E-state index in [2.05, 4.69) is 9.80 Å². The zero-order valence-electron chi connectivity index (χ0n) is 39.6. The lowest BCUT2D eigenvalue weighted by molar-refractivity contribution is -0.183. The number of hydrogen-bond acceptors (Lipinski definition) is 12. The van der Waals surface area contributed by atoms with Gasteiger partial charge in [-0.15, -0.1) is 0 Å². The molecular weight excluding hydrogens is 903 g/mol. The smallest absolute Gasteiger partial charge is 0.418 e. The molecule has 0 bridgehead atoms. The molecule has 70 heavy (non-hydrogen) atoms. The molecule has 8 rings (SSSR count). The van der Waals surface area contributed by atoms with Gasteiger partial charge in [0.2, 0.25) is 12.2 Å². The zero-order valence-corrected chi connectivity index (χ0v) is 39.6. The minimum absolute atomic E-state index is 0.0929. The molecule has 4 fully saturated rings. The van der Waals surface area contributed by atoms with Crippen molar-refractivity contribution in [2.75, 3.05) is 65.7 Å². The second-order valence-electron chi connectivity index (χ2n) is 18.3. The third kappa shape index (κ3) is 14.3. The van der Waals surface area contributed by atoms with Gasteiger partial charge in [-0.25, -0.2) is 18.4 Å². The number of nitrogens with zero attached hydrogens (tertiary/aromatic N) is 4. The Kier molecular flexibility index (Phi) is 18.5. The summed E-state index contributed by atoms with van der Waals surface area (Å²) < 4.78 is 63.0. The number of carbonyl (C=O) groups is 4. The van der Waals surface area contributed by atoms with E-state index in [-0.39, 0.29) is 37.8 Å². The Morgan fingerprint density at radius 2 is 0.857 bits per heavy atom. The molecule has 2 unspecified atom stereocenters. The highest BCUT2D eigenvalue weighted by atomic mass is 19.1. The first-order chi connectivity index (χ1) is 34.2. The van der Waals surface area contributed by atoms with Crippen molar-refractivity contribution in [2.45, 2.75) is 101 Å². The van der Waals surface area contributed by atoms with Crippen LogP contribution in [0.4, 0.5) is 8.78 Å². The Labute approximate surface area is 408 Å². The van der Waals surface area contributed by atoms with Crippen molar-refractivity contribution in [2.24, 2.45) is 0 Å². The summed E-state index contributed by atoms with van der Waals surface area (Å²) in [5.41, 5.74) is 2.00. The van der Waals surface area contributed by atoms with Crippen molar-refractivity contribution in [1.29, 1.82) is 0 Å². The fraction of sp³-hybridized carbons (Fsp3) is 0.481. The van der Waals surface area contributed by atoms with Crippen LogP contribution in [0.2, 0.25) is 0 Å². The van der Waals surface area contributed by atoms with Crippen LogP contribution in [0.1, 0.15) is 85.8 Å². The molecule has 0 radical (unpaired) electrons. The van der Waals surface area contributed by atoms with E-state index in [0.717, 1.165) is 38.8 Å². The standard InChI is InChI=1S/C54H64F2N4O10/c55-43-17-13-39(14-18-43)37-59(45-21-27-57(28-22-45)31-25-47-65-33-7-34-66-47)51(61)49(41-9-3-1-4-10-41)69-53(63)54(64)70-50(42-11-5-2-6-12-42)52(62)60(38-40-15-19-44(56)20-16-40)46-23-29-58(30-24-46)32-26-48-67-35-8-36-68-48/h1-6,9-20,45-50H,7-8,21-38H2. The molecule has 0 aromatic heterocycles. The van der Waals surface area contributed by atoms with E-state index in [1.165, 1.54) is 24.3 Å². The molecule has 374 valence electrons. The molecule has 4 aliphatic heterocycles. The van der Waals surface area contributed by atoms with Crippen LogP contribution in [0.3, 0.4) is 0 Å². The predicted octanol–water partition coefficient (Wildman–Crippen LogP) is 7.13. The van der Waals surface area contributed by atoms with Gasteiger partial charge in [0.15, 0.2) is 12.6 Å². The number of carbonyl (C=O) groups excluding carboxylic acids is 4. The second kappa shape index (κ2) is 25.5. The van der Waals surface area contributed by atoms with Crippen LogP contribution >= 0.6 is 0 Å². The van der Waals surface area contributed by atoms with Crippen molar-refractivity contribution in [1.82, 2.24) is 19.6 Å². The van der Waals surface area contributed by atoms with Crippen molar-refractivity contribution >= 4 is 23.8 Å². The van der Waals surface area contributed by atoms with Crippen molar-refractivity contribution in [3.8, 4) is 0 Å². The van der Waals surface area contributed by atoms with Crippen molar-refractivity contribution in [3.05, 3.63) is 143 Å². The SMILES string of the molecule is O=C(OC(C(=O)N(Cc1ccc(F)cc1)C1CCN(CCC2OCCCO2)CC1)c1ccccc1)C(=O)OC(C(=O)N(Cc1ccc(F)cc1)C1CCN(CCC2OCCCO2)CC1)c1ccccc1. The van der Waals surface area contributed by atoms with Crippen LogP contribution < -0.4 is 0 Å². The largest absolute Gasteiger partial charge is 0.439 e.